The van der Waals surface area contributed by atoms with Gasteiger partial charge in [-0.25, -0.2) is 4.68 Å². The van der Waals surface area contributed by atoms with E-state index in [1.165, 1.54) is 4.68 Å². The van der Waals surface area contributed by atoms with Gasteiger partial charge in [0.1, 0.15) is 5.25 Å². The zero-order chi connectivity index (χ0) is 10.6. The van der Waals surface area contributed by atoms with E-state index in [1.807, 2.05) is 0 Å². The summed E-state index contributed by atoms with van der Waals surface area (Å²) in [7, 11) is 0. The highest BCUT2D eigenvalue weighted by atomic mass is 32.2. The molecule has 0 aliphatic rings. The van der Waals surface area contributed by atoms with Gasteiger partial charge in [-0.15, -0.1) is 5.10 Å². The van der Waals surface area contributed by atoms with Gasteiger partial charge in [0.05, 0.1) is 6.54 Å². The van der Waals surface area contributed by atoms with Crippen molar-refractivity contribution in [2.45, 2.75) is 23.9 Å². The van der Waals surface area contributed by atoms with Crippen LogP contribution in [0.25, 0.3) is 0 Å². The minimum absolute atomic E-state index is 0.417. The molecule has 7 nitrogen and oxygen atoms in total. The predicted octanol–water partition coefficient (Wildman–Crippen LogP) is -0.803. The van der Waals surface area contributed by atoms with Crippen LogP contribution < -0.4 is 5.73 Å². The number of rotatable bonds is 5. The molecular formula is C6H11N5O2S. The molecule has 8 heteroatoms. The molecule has 0 bridgehead atoms. The second-order valence-corrected chi connectivity index (χ2v) is 3.88. The fraction of sp³-hybridized carbons (Fsp3) is 0.667. The Morgan fingerprint density at radius 2 is 2.50 bits per heavy atom. The van der Waals surface area contributed by atoms with E-state index in [9.17, 15) is 4.79 Å². The van der Waals surface area contributed by atoms with Crippen molar-refractivity contribution in [1.29, 1.82) is 0 Å². The van der Waals surface area contributed by atoms with Gasteiger partial charge in [0, 0.05) is 6.54 Å². The summed E-state index contributed by atoms with van der Waals surface area (Å²) < 4.78 is 1.49. The minimum atomic E-state index is -0.891. The number of aromatic nitrogens is 4. The third-order valence-electron chi connectivity index (χ3n) is 1.47. The third-order valence-corrected chi connectivity index (χ3v) is 2.53. The Labute approximate surface area is 84.7 Å². The number of carboxylic acid groups (broad SMARTS) is 1. The van der Waals surface area contributed by atoms with E-state index in [0.717, 1.165) is 11.8 Å². The lowest BCUT2D eigenvalue weighted by molar-refractivity contribution is -0.136. The Kier molecular flexibility index (Phi) is 3.84. The number of nitrogens with zero attached hydrogens (tertiary/aromatic N) is 4. The molecule has 0 aromatic carbocycles. The molecular weight excluding hydrogens is 206 g/mol. The molecule has 78 valence electrons. The van der Waals surface area contributed by atoms with Crippen molar-refractivity contribution in [1.82, 2.24) is 20.2 Å². The van der Waals surface area contributed by atoms with Crippen LogP contribution in [-0.2, 0) is 11.3 Å². The van der Waals surface area contributed by atoms with Gasteiger partial charge >= 0.3 is 5.97 Å². The van der Waals surface area contributed by atoms with Gasteiger partial charge in [0.2, 0.25) is 5.16 Å². The Hall–Kier alpha value is -1.15. The van der Waals surface area contributed by atoms with E-state index in [1.54, 1.807) is 6.92 Å². The Morgan fingerprint density at radius 3 is 3.07 bits per heavy atom. The number of hydrogen-bond donors (Lipinski definition) is 2. The first-order valence-electron chi connectivity index (χ1n) is 4.01. The molecule has 0 amide bonds. The summed E-state index contributed by atoms with van der Waals surface area (Å²) in [4.78, 5) is 10.6. The number of thioether (sulfide) groups is 1. The first kappa shape index (κ1) is 10.9. The molecule has 1 rings (SSSR count). The number of carboxylic acids is 1. The Balaban J connectivity index is 2.66. The van der Waals surface area contributed by atoms with E-state index < -0.39 is 11.2 Å². The highest BCUT2D eigenvalue weighted by Gasteiger charge is 2.16. The van der Waals surface area contributed by atoms with Gasteiger partial charge in [-0.05, 0) is 17.4 Å². The monoisotopic (exact) mass is 217 g/mol. The zero-order valence-electron chi connectivity index (χ0n) is 7.62. The average Bonchev–Trinajstić information content (AvgIpc) is 2.53. The van der Waals surface area contributed by atoms with Crippen LogP contribution in [0.15, 0.2) is 5.16 Å². The smallest absolute Gasteiger partial charge is 0.316 e. The number of tetrazole rings is 1. The van der Waals surface area contributed by atoms with Crippen molar-refractivity contribution in [3.05, 3.63) is 0 Å². The van der Waals surface area contributed by atoms with Crippen LogP contribution in [0.3, 0.4) is 0 Å². The van der Waals surface area contributed by atoms with Crippen molar-refractivity contribution in [2.24, 2.45) is 5.73 Å². The van der Waals surface area contributed by atoms with Gasteiger partial charge in [-0.1, -0.05) is 11.8 Å². The van der Waals surface area contributed by atoms with E-state index in [-0.39, 0.29) is 0 Å². The summed E-state index contributed by atoms with van der Waals surface area (Å²) in [5.74, 6) is -0.891. The van der Waals surface area contributed by atoms with Crippen LogP contribution in [-0.4, -0.2) is 43.1 Å². The predicted molar refractivity (Wildman–Crippen MR) is 49.8 cm³/mol. The van der Waals surface area contributed by atoms with Crippen LogP contribution in [0.5, 0.6) is 0 Å². The van der Waals surface area contributed by atoms with Crippen LogP contribution in [0.2, 0.25) is 0 Å². The third kappa shape index (κ3) is 2.67. The van der Waals surface area contributed by atoms with Crippen molar-refractivity contribution < 1.29 is 9.90 Å². The van der Waals surface area contributed by atoms with Gasteiger partial charge in [-0.3, -0.25) is 4.79 Å². The largest absolute Gasteiger partial charge is 0.480 e. The molecule has 0 aliphatic carbocycles. The standard InChI is InChI=1S/C6H11N5O2S/c1-4(5(12)13)14-6-8-9-10-11(6)3-2-7/h4H,2-3,7H2,1H3,(H,12,13). The second-order valence-electron chi connectivity index (χ2n) is 2.57. The lowest BCUT2D eigenvalue weighted by Crippen LogP contribution is -2.15. The number of hydrogen-bond acceptors (Lipinski definition) is 6. The van der Waals surface area contributed by atoms with Crippen LogP contribution >= 0.6 is 11.8 Å². The minimum Gasteiger partial charge on any atom is -0.480 e. The Bertz CT molecular complexity index is 315. The molecule has 1 heterocycles. The molecule has 0 aliphatic heterocycles. The summed E-state index contributed by atoms with van der Waals surface area (Å²) >= 11 is 1.10. The highest BCUT2D eigenvalue weighted by Crippen LogP contribution is 2.19. The molecule has 1 unspecified atom stereocenters. The van der Waals surface area contributed by atoms with Gasteiger partial charge < -0.3 is 10.8 Å². The maximum Gasteiger partial charge on any atom is 0.316 e. The zero-order valence-corrected chi connectivity index (χ0v) is 8.44. The highest BCUT2D eigenvalue weighted by molar-refractivity contribution is 8.00. The molecule has 0 saturated heterocycles. The van der Waals surface area contributed by atoms with Crippen LogP contribution in [0.4, 0.5) is 0 Å². The van der Waals surface area contributed by atoms with Crippen molar-refractivity contribution in [3.8, 4) is 0 Å². The fourth-order valence-corrected chi connectivity index (χ4v) is 1.50. The SMILES string of the molecule is CC(Sc1nnnn1CCN)C(=O)O. The van der Waals surface area contributed by atoms with Gasteiger partial charge in [0.15, 0.2) is 0 Å². The first-order valence-corrected chi connectivity index (χ1v) is 4.88. The molecule has 0 radical (unpaired) electrons. The Morgan fingerprint density at radius 1 is 1.79 bits per heavy atom. The molecule has 3 N–H and O–H groups in total. The molecule has 0 saturated carbocycles. The van der Waals surface area contributed by atoms with E-state index in [4.69, 9.17) is 10.8 Å². The summed E-state index contributed by atoms with van der Waals surface area (Å²) in [6.45, 7) is 2.48. The van der Waals surface area contributed by atoms with E-state index in [0.29, 0.717) is 18.2 Å². The lowest BCUT2D eigenvalue weighted by Gasteiger charge is -2.04. The van der Waals surface area contributed by atoms with Crippen molar-refractivity contribution in [3.63, 3.8) is 0 Å². The van der Waals surface area contributed by atoms with Gasteiger partial charge in [0.25, 0.3) is 0 Å². The quantitative estimate of drug-likeness (QED) is 0.621. The average molecular weight is 217 g/mol. The van der Waals surface area contributed by atoms with Crippen molar-refractivity contribution in [2.75, 3.05) is 6.54 Å². The second kappa shape index (κ2) is 4.91. The fourth-order valence-electron chi connectivity index (χ4n) is 0.752. The van der Waals surface area contributed by atoms with Gasteiger partial charge in [-0.2, -0.15) is 0 Å². The summed E-state index contributed by atoms with van der Waals surface area (Å²) in [5, 5.41) is 19.4. The van der Waals surface area contributed by atoms with Crippen molar-refractivity contribution >= 4 is 17.7 Å². The summed E-state index contributed by atoms with van der Waals surface area (Å²) in [5.41, 5.74) is 5.34. The molecule has 0 fully saturated rings. The number of nitrogens with two attached hydrogens (primary N) is 1. The molecule has 1 aromatic rings. The maximum absolute atomic E-state index is 10.6. The number of aliphatic carboxylic acids is 1. The molecule has 1 aromatic heterocycles. The van der Waals surface area contributed by atoms with Crippen LogP contribution in [0, 0.1) is 0 Å². The van der Waals surface area contributed by atoms with E-state index >= 15 is 0 Å². The van der Waals surface area contributed by atoms with E-state index in [2.05, 4.69) is 15.5 Å². The number of carbonyl (C=O) groups is 1. The topological polar surface area (TPSA) is 107 Å². The van der Waals surface area contributed by atoms with Crippen LogP contribution in [0.1, 0.15) is 6.92 Å². The summed E-state index contributed by atoms with van der Waals surface area (Å²) in [6, 6.07) is 0. The first-order chi connectivity index (χ1) is 6.65. The molecule has 0 spiro atoms. The normalized spacial score (nSPS) is 12.7. The maximum atomic E-state index is 10.6. The molecule has 14 heavy (non-hydrogen) atoms. The lowest BCUT2D eigenvalue weighted by atomic mass is 10.5. The summed E-state index contributed by atoms with van der Waals surface area (Å²) in [6.07, 6.45) is 0. The molecule has 1 atom stereocenters.